The van der Waals surface area contributed by atoms with Crippen LogP contribution in [0.2, 0.25) is 0 Å². The summed E-state index contributed by atoms with van der Waals surface area (Å²) in [4.78, 5) is 8.22. The molecule has 0 atom stereocenters. The molecular formula is C18H17N5O3. The third kappa shape index (κ3) is 3.91. The lowest BCUT2D eigenvalue weighted by Crippen LogP contribution is -2.09. The minimum Gasteiger partial charge on any atom is -0.474 e. The van der Waals surface area contributed by atoms with Gasteiger partial charge in [-0.2, -0.15) is 10.2 Å². The monoisotopic (exact) mass is 351 g/mol. The molecule has 0 aliphatic rings. The highest BCUT2D eigenvalue weighted by molar-refractivity contribution is 5.69. The molecule has 132 valence electrons. The number of anilines is 3. The van der Waals surface area contributed by atoms with Crippen molar-refractivity contribution in [3.05, 3.63) is 48.5 Å². The van der Waals surface area contributed by atoms with Crippen molar-refractivity contribution in [2.75, 3.05) is 31.4 Å². The molecule has 3 rings (SSSR count). The Morgan fingerprint density at radius 3 is 2.73 bits per heavy atom. The first-order valence-corrected chi connectivity index (χ1v) is 7.79. The number of nitrogens with zero attached hydrogens (tertiary/aromatic N) is 3. The smallest absolute Gasteiger partial charge is 0.235 e. The van der Waals surface area contributed by atoms with Crippen LogP contribution >= 0.6 is 0 Å². The summed E-state index contributed by atoms with van der Waals surface area (Å²) in [6.07, 6.45) is 3.03. The van der Waals surface area contributed by atoms with E-state index in [9.17, 15) is 5.26 Å². The Morgan fingerprint density at radius 2 is 2.08 bits per heavy atom. The zero-order valence-electron chi connectivity index (χ0n) is 14.1. The van der Waals surface area contributed by atoms with Crippen molar-refractivity contribution in [1.82, 2.24) is 9.97 Å². The number of aromatic nitrogens is 2. The fourth-order valence-corrected chi connectivity index (χ4v) is 2.27. The molecule has 26 heavy (non-hydrogen) atoms. The average Bonchev–Trinajstić information content (AvgIpc) is 3.17. The normalized spacial score (nSPS) is 10.3. The molecule has 2 aromatic heterocycles. The molecule has 0 saturated carbocycles. The molecule has 0 bridgehead atoms. The number of oxazole rings is 1. The van der Waals surface area contributed by atoms with Crippen molar-refractivity contribution in [3.63, 3.8) is 0 Å². The maximum Gasteiger partial charge on any atom is 0.235 e. The zero-order chi connectivity index (χ0) is 18.4. The van der Waals surface area contributed by atoms with E-state index in [0.717, 1.165) is 11.3 Å². The summed E-state index contributed by atoms with van der Waals surface area (Å²) in [6, 6.07) is 11.1. The van der Waals surface area contributed by atoms with Crippen LogP contribution in [-0.4, -0.2) is 30.3 Å². The Balaban J connectivity index is 1.79. The Labute approximate surface area is 150 Å². The predicted molar refractivity (Wildman–Crippen MR) is 96.0 cm³/mol. The largest absolute Gasteiger partial charge is 0.474 e. The molecule has 0 fully saturated rings. The molecule has 8 heteroatoms. The molecule has 1 aromatic carbocycles. The number of methoxy groups -OCH3 is 1. The highest BCUT2D eigenvalue weighted by Crippen LogP contribution is 2.28. The lowest BCUT2D eigenvalue weighted by atomic mass is 10.1. The molecule has 0 aliphatic heterocycles. The van der Waals surface area contributed by atoms with Crippen LogP contribution < -0.4 is 15.8 Å². The Morgan fingerprint density at radius 1 is 1.27 bits per heavy atom. The molecule has 2 heterocycles. The number of nitrogen functional groups attached to an aromatic ring is 1. The molecular weight excluding hydrogens is 334 g/mol. The third-order valence-electron chi connectivity index (χ3n) is 3.53. The standard InChI is InChI=1S/C18H17N5O3/c1-24-6-7-25-18-14(9-19)15(20)8-17(23-18)22-13-4-2-12(3-5-13)16-10-21-11-26-16/h2-5,8,10-11H,6-7H2,1H3,(H3,20,22,23). The summed E-state index contributed by atoms with van der Waals surface area (Å²) >= 11 is 0. The Bertz CT molecular complexity index is 902. The number of rotatable bonds is 7. The first-order valence-electron chi connectivity index (χ1n) is 7.79. The number of nitrogens with two attached hydrogens (primary N) is 1. The molecule has 0 aliphatic carbocycles. The second-order valence-corrected chi connectivity index (χ2v) is 5.30. The highest BCUT2D eigenvalue weighted by Gasteiger charge is 2.12. The van der Waals surface area contributed by atoms with Crippen LogP contribution in [0.1, 0.15) is 5.56 Å². The van der Waals surface area contributed by atoms with E-state index in [0.29, 0.717) is 18.2 Å². The van der Waals surface area contributed by atoms with E-state index in [1.54, 1.807) is 19.4 Å². The van der Waals surface area contributed by atoms with E-state index < -0.39 is 0 Å². The maximum absolute atomic E-state index is 9.24. The van der Waals surface area contributed by atoms with E-state index in [1.165, 1.54) is 6.39 Å². The highest BCUT2D eigenvalue weighted by atomic mass is 16.5. The van der Waals surface area contributed by atoms with Gasteiger partial charge < -0.3 is 24.9 Å². The maximum atomic E-state index is 9.24. The summed E-state index contributed by atoms with van der Waals surface area (Å²) in [5.41, 5.74) is 8.14. The summed E-state index contributed by atoms with van der Waals surface area (Å²) in [7, 11) is 1.57. The van der Waals surface area contributed by atoms with Crippen LogP contribution in [0.5, 0.6) is 5.88 Å². The summed E-state index contributed by atoms with van der Waals surface area (Å²) in [5.74, 6) is 1.33. The second-order valence-electron chi connectivity index (χ2n) is 5.30. The van der Waals surface area contributed by atoms with E-state index in [-0.39, 0.29) is 23.7 Å². The molecule has 0 saturated heterocycles. The Hall–Kier alpha value is -3.57. The zero-order valence-corrected chi connectivity index (χ0v) is 14.1. The van der Waals surface area contributed by atoms with Gasteiger partial charge in [0.15, 0.2) is 12.2 Å². The minimum absolute atomic E-state index is 0.172. The van der Waals surface area contributed by atoms with Gasteiger partial charge in [-0.25, -0.2) is 4.98 Å². The molecule has 0 radical (unpaired) electrons. The third-order valence-corrected chi connectivity index (χ3v) is 3.53. The number of nitriles is 1. The van der Waals surface area contributed by atoms with Gasteiger partial charge in [-0.15, -0.1) is 0 Å². The SMILES string of the molecule is COCCOc1nc(Nc2ccc(-c3cnco3)cc2)cc(N)c1C#N. The Kier molecular flexibility index (Phi) is 5.31. The van der Waals surface area contributed by atoms with Gasteiger partial charge in [0.1, 0.15) is 24.1 Å². The van der Waals surface area contributed by atoms with Crippen molar-refractivity contribution in [2.24, 2.45) is 0 Å². The van der Waals surface area contributed by atoms with Crippen LogP contribution in [0.3, 0.4) is 0 Å². The number of ether oxygens (including phenoxy) is 2. The molecule has 0 spiro atoms. The number of pyridine rings is 1. The van der Waals surface area contributed by atoms with Gasteiger partial charge in [0.25, 0.3) is 0 Å². The van der Waals surface area contributed by atoms with Gasteiger partial charge in [0.2, 0.25) is 5.88 Å². The lowest BCUT2D eigenvalue weighted by molar-refractivity contribution is 0.143. The quantitative estimate of drug-likeness (QED) is 0.624. The summed E-state index contributed by atoms with van der Waals surface area (Å²) in [6.45, 7) is 0.653. The van der Waals surface area contributed by atoms with Crippen molar-refractivity contribution < 1.29 is 13.9 Å². The lowest BCUT2D eigenvalue weighted by Gasteiger charge is -2.12. The van der Waals surface area contributed by atoms with Crippen LogP contribution in [-0.2, 0) is 4.74 Å². The first-order chi connectivity index (χ1) is 12.7. The van der Waals surface area contributed by atoms with Gasteiger partial charge >= 0.3 is 0 Å². The minimum atomic E-state index is 0.172. The van der Waals surface area contributed by atoms with Gasteiger partial charge in [0.05, 0.1) is 18.5 Å². The van der Waals surface area contributed by atoms with Gasteiger partial charge in [-0.1, -0.05) is 0 Å². The number of nitrogens with one attached hydrogen (secondary N) is 1. The second kappa shape index (κ2) is 8.00. The van der Waals surface area contributed by atoms with Crippen molar-refractivity contribution in [3.8, 4) is 23.3 Å². The van der Waals surface area contributed by atoms with Gasteiger partial charge in [0, 0.05) is 24.4 Å². The molecule has 8 nitrogen and oxygen atoms in total. The van der Waals surface area contributed by atoms with E-state index in [1.807, 2.05) is 30.3 Å². The van der Waals surface area contributed by atoms with E-state index in [4.69, 9.17) is 19.6 Å². The van der Waals surface area contributed by atoms with Crippen LogP contribution in [0, 0.1) is 11.3 Å². The van der Waals surface area contributed by atoms with Gasteiger partial charge in [-0.05, 0) is 24.3 Å². The van der Waals surface area contributed by atoms with Crippen molar-refractivity contribution >= 4 is 17.2 Å². The molecule has 3 N–H and O–H groups in total. The van der Waals surface area contributed by atoms with Crippen molar-refractivity contribution in [2.45, 2.75) is 0 Å². The number of hydrogen-bond acceptors (Lipinski definition) is 8. The van der Waals surface area contributed by atoms with E-state index in [2.05, 4.69) is 15.3 Å². The first kappa shape index (κ1) is 17.3. The van der Waals surface area contributed by atoms with Gasteiger partial charge in [-0.3, -0.25) is 0 Å². The molecule has 3 aromatic rings. The van der Waals surface area contributed by atoms with Crippen LogP contribution in [0.4, 0.5) is 17.2 Å². The molecule has 0 unspecified atom stereocenters. The van der Waals surface area contributed by atoms with E-state index >= 15 is 0 Å². The number of benzene rings is 1. The van der Waals surface area contributed by atoms with Crippen molar-refractivity contribution in [1.29, 1.82) is 5.26 Å². The summed E-state index contributed by atoms with van der Waals surface area (Å²) < 4.78 is 15.7. The van der Waals surface area contributed by atoms with Crippen LogP contribution in [0.25, 0.3) is 11.3 Å². The fraction of sp³-hybridized carbons (Fsp3) is 0.167. The predicted octanol–water partition coefficient (Wildman–Crippen LogP) is 2.96. The summed E-state index contributed by atoms with van der Waals surface area (Å²) in [5, 5.41) is 12.4. The topological polar surface area (TPSA) is 119 Å². The number of hydrogen-bond donors (Lipinski definition) is 2. The fourth-order valence-electron chi connectivity index (χ4n) is 2.27. The van der Waals surface area contributed by atoms with Crippen LogP contribution in [0.15, 0.2) is 47.3 Å². The average molecular weight is 351 g/mol. The molecule has 0 amide bonds.